The highest BCUT2D eigenvalue weighted by atomic mass is 79.9. The zero-order valence-corrected chi connectivity index (χ0v) is 12.1. The van der Waals surface area contributed by atoms with Crippen molar-refractivity contribution in [1.82, 2.24) is 0 Å². The Hall–Kier alpha value is -1.19. The topological polar surface area (TPSA) is 26.0 Å². The highest BCUT2D eigenvalue weighted by molar-refractivity contribution is 9.10. The van der Waals surface area contributed by atoms with Crippen molar-refractivity contribution in [2.24, 2.45) is 5.73 Å². The van der Waals surface area contributed by atoms with Gasteiger partial charge in [0.25, 0.3) is 0 Å². The molecule has 3 heteroatoms. The Balaban J connectivity index is 1.98. The van der Waals surface area contributed by atoms with E-state index in [1.807, 2.05) is 18.2 Å². The van der Waals surface area contributed by atoms with Gasteiger partial charge in [-0.1, -0.05) is 40.2 Å². The Morgan fingerprint density at radius 3 is 2.84 bits per heavy atom. The molecule has 0 fully saturated rings. The van der Waals surface area contributed by atoms with Gasteiger partial charge in [0.05, 0.1) is 0 Å². The molecule has 0 heterocycles. The summed E-state index contributed by atoms with van der Waals surface area (Å²) in [4.78, 5) is 0. The van der Waals surface area contributed by atoms with Gasteiger partial charge in [-0.3, -0.25) is 0 Å². The fraction of sp³-hybridized carbons (Fsp3) is 0.250. The van der Waals surface area contributed by atoms with Crippen molar-refractivity contribution in [3.63, 3.8) is 0 Å². The molecule has 19 heavy (non-hydrogen) atoms. The van der Waals surface area contributed by atoms with Crippen LogP contribution in [-0.4, -0.2) is 0 Å². The molecule has 0 radical (unpaired) electrons. The van der Waals surface area contributed by atoms with E-state index in [1.54, 1.807) is 6.07 Å². The number of halogens is 2. The zero-order valence-electron chi connectivity index (χ0n) is 10.5. The average molecular weight is 320 g/mol. The van der Waals surface area contributed by atoms with E-state index in [0.29, 0.717) is 12.0 Å². The van der Waals surface area contributed by atoms with E-state index < -0.39 is 5.54 Å². The number of hydrogen-bond acceptors (Lipinski definition) is 1. The molecule has 0 saturated carbocycles. The van der Waals surface area contributed by atoms with E-state index in [0.717, 1.165) is 22.9 Å². The third kappa shape index (κ3) is 2.33. The zero-order chi connectivity index (χ0) is 13.5. The Bertz CT molecular complexity index is 626. The molecule has 2 aromatic carbocycles. The van der Waals surface area contributed by atoms with Gasteiger partial charge in [-0.05, 0) is 54.2 Å². The minimum atomic E-state index is -0.446. The van der Waals surface area contributed by atoms with Crippen LogP contribution in [0.4, 0.5) is 4.39 Å². The minimum Gasteiger partial charge on any atom is -0.321 e. The smallest absolute Gasteiger partial charge is 0.126 e. The molecule has 2 N–H and O–H groups in total. The molecule has 0 amide bonds. The van der Waals surface area contributed by atoms with Gasteiger partial charge in [-0.25, -0.2) is 4.39 Å². The number of rotatable bonds is 2. The van der Waals surface area contributed by atoms with Gasteiger partial charge in [-0.2, -0.15) is 0 Å². The molecule has 2 aromatic rings. The van der Waals surface area contributed by atoms with Crippen molar-refractivity contribution < 1.29 is 4.39 Å². The lowest BCUT2D eigenvalue weighted by molar-refractivity contribution is 0.429. The highest BCUT2D eigenvalue weighted by Gasteiger charge is 2.35. The number of nitrogens with two attached hydrogens (primary N) is 1. The van der Waals surface area contributed by atoms with Gasteiger partial charge < -0.3 is 5.73 Å². The summed E-state index contributed by atoms with van der Waals surface area (Å²) >= 11 is 3.39. The first-order valence-electron chi connectivity index (χ1n) is 6.40. The van der Waals surface area contributed by atoms with Crippen molar-refractivity contribution in [2.45, 2.75) is 24.8 Å². The summed E-state index contributed by atoms with van der Waals surface area (Å²) in [5.74, 6) is -0.183. The Kier molecular flexibility index (Phi) is 3.19. The summed E-state index contributed by atoms with van der Waals surface area (Å²) in [5.41, 5.74) is 9.22. The lowest BCUT2D eigenvalue weighted by atomic mass is 9.86. The van der Waals surface area contributed by atoms with Crippen LogP contribution in [0.15, 0.2) is 46.9 Å². The largest absolute Gasteiger partial charge is 0.321 e. The second-order valence-electron chi connectivity index (χ2n) is 5.23. The maximum Gasteiger partial charge on any atom is 0.126 e. The predicted molar refractivity (Wildman–Crippen MR) is 78.4 cm³/mol. The van der Waals surface area contributed by atoms with Crippen molar-refractivity contribution in [3.05, 3.63) is 69.4 Å². The molecule has 1 nitrogen and oxygen atoms in total. The predicted octanol–water partition coefficient (Wildman–Crippen LogP) is 3.93. The summed E-state index contributed by atoms with van der Waals surface area (Å²) in [6.07, 6.45) is 2.38. The molecule has 0 spiro atoms. The van der Waals surface area contributed by atoms with Gasteiger partial charge in [0.2, 0.25) is 0 Å². The lowest BCUT2D eigenvalue weighted by Gasteiger charge is -2.26. The van der Waals surface area contributed by atoms with Gasteiger partial charge >= 0.3 is 0 Å². The molecule has 98 valence electrons. The number of aryl methyl sites for hydroxylation is 1. The van der Waals surface area contributed by atoms with E-state index >= 15 is 0 Å². The first-order chi connectivity index (χ1) is 9.08. The fourth-order valence-corrected chi connectivity index (χ4v) is 3.33. The van der Waals surface area contributed by atoms with Crippen LogP contribution in [0.2, 0.25) is 0 Å². The highest BCUT2D eigenvalue weighted by Crippen LogP contribution is 2.37. The first kappa shape index (κ1) is 12.8. The molecule has 0 aromatic heterocycles. The molecule has 1 aliphatic carbocycles. The van der Waals surface area contributed by atoms with E-state index in [-0.39, 0.29) is 5.82 Å². The maximum atomic E-state index is 13.9. The molecule has 1 unspecified atom stereocenters. The number of benzene rings is 2. The van der Waals surface area contributed by atoms with Crippen LogP contribution >= 0.6 is 15.9 Å². The molecule has 0 aliphatic heterocycles. The Labute approximate surface area is 120 Å². The van der Waals surface area contributed by atoms with Gasteiger partial charge in [0.15, 0.2) is 0 Å². The Morgan fingerprint density at radius 2 is 2.00 bits per heavy atom. The van der Waals surface area contributed by atoms with E-state index in [2.05, 4.69) is 28.1 Å². The molecular formula is C16H15BrFN. The van der Waals surface area contributed by atoms with Gasteiger partial charge in [-0.15, -0.1) is 0 Å². The third-order valence-electron chi connectivity index (χ3n) is 3.91. The molecule has 3 rings (SSSR count). The van der Waals surface area contributed by atoms with Gasteiger partial charge in [0.1, 0.15) is 5.82 Å². The SMILES string of the molecule is NC1(Cc2cc(Br)ccc2F)CCc2ccccc21. The molecular weight excluding hydrogens is 305 g/mol. The lowest BCUT2D eigenvalue weighted by Crippen LogP contribution is -2.36. The van der Waals surface area contributed by atoms with Crippen LogP contribution in [0, 0.1) is 5.82 Å². The van der Waals surface area contributed by atoms with E-state index in [9.17, 15) is 4.39 Å². The van der Waals surface area contributed by atoms with E-state index in [4.69, 9.17) is 5.73 Å². The first-order valence-corrected chi connectivity index (χ1v) is 7.19. The van der Waals surface area contributed by atoms with Crippen LogP contribution in [0.1, 0.15) is 23.1 Å². The van der Waals surface area contributed by atoms with Crippen LogP contribution < -0.4 is 5.73 Å². The third-order valence-corrected chi connectivity index (χ3v) is 4.40. The summed E-state index contributed by atoms with van der Waals surface area (Å²) < 4.78 is 14.8. The number of fused-ring (bicyclic) bond motifs is 1. The van der Waals surface area contributed by atoms with Crippen LogP contribution in [-0.2, 0) is 18.4 Å². The second-order valence-corrected chi connectivity index (χ2v) is 6.14. The molecule has 0 saturated heterocycles. The average Bonchev–Trinajstić information content (AvgIpc) is 2.73. The monoisotopic (exact) mass is 319 g/mol. The minimum absolute atomic E-state index is 0.183. The second kappa shape index (κ2) is 4.73. The van der Waals surface area contributed by atoms with Crippen LogP contribution in [0.3, 0.4) is 0 Å². The maximum absolute atomic E-state index is 13.9. The fourth-order valence-electron chi connectivity index (χ4n) is 2.92. The summed E-state index contributed by atoms with van der Waals surface area (Å²) in [7, 11) is 0. The van der Waals surface area contributed by atoms with Crippen molar-refractivity contribution in [2.75, 3.05) is 0 Å². The van der Waals surface area contributed by atoms with Crippen LogP contribution in [0.25, 0.3) is 0 Å². The van der Waals surface area contributed by atoms with Crippen molar-refractivity contribution in [3.8, 4) is 0 Å². The summed E-state index contributed by atoms with van der Waals surface area (Å²) in [5, 5.41) is 0. The normalized spacial score (nSPS) is 21.4. The quantitative estimate of drug-likeness (QED) is 0.891. The molecule has 0 bridgehead atoms. The standard InChI is InChI=1S/C16H15BrFN/c17-13-5-6-15(18)12(9-13)10-16(19)8-7-11-3-1-2-4-14(11)16/h1-6,9H,7-8,10,19H2. The number of hydrogen-bond donors (Lipinski definition) is 1. The molecule has 1 aliphatic rings. The van der Waals surface area contributed by atoms with Crippen molar-refractivity contribution >= 4 is 15.9 Å². The van der Waals surface area contributed by atoms with Gasteiger partial charge in [0, 0.05) is 10.0 Å². The summed E-state index contributed by atoms with van der Waals surface area (Å²) in [6, 6.07) is 13.2. The van der Waals surface area contributed by atoms with Crippen LogP contribution in [0.5, 0.6) is 0 Å². The summed E-state index contributed by atoms with van der Waals surface area (Å²) in [6.45, 7) is 0. The van der Waals surface area contributed by atoms with Crippen molar-refractivity contribution in [1.29, 1.82) is 0 Å². The Morgan fingerprint density at radius 1 is 1.21 bits per heavy atom. The molecule has 1 atom stereocenters. The van der Waals surface area contributed by atoms with E-state index in [1.165, 1.54) is 11.6 Å².